The van der Waals surface area contributed by atoms with Crippen molar-refractivity contribution in [3.63, 3.8) is 0 Å². The Kier molecular flexibility index (Phi) is 5.15. The molecule has 1 aliphatic rings. The number of hydrogen-bond donors (Lipinski definition) is 1. The molecule has 0 aromatic heterocycles. The van der Waals surface area contributed by atoms with Gasteiger partial charge in [0, 0.05) is 11.6 Å². The molecule has 0 amide bonds. The Morgan fingerprint density at radius 2 is 1.95 bits per heavy atom. The third-order valence-corrected chi connectivity index (χ3v) is 4.07. The molecule has 4 heteroatoms. The van der Waals surface area contributed by atoms with Crippen LogP contribution in [0.5, 0.6) is 5.75 Å². The van der Waals surface area contributed by atoms with Crippen LogP contribution in [0.25, 0.3) is 0 Å². The third-order valence-electron chi connectivity index (χ3n) is 4.07. The average molecular weight is 277 g/mol. The van der Waals surface area contributed by atoms with Gasteiger partial charge in [-0.2, -0.15) is 0 Å². The van der Waals surface area contributed by atoms with E-state index in [2.05, 4.69) is 0 Å². The number of methoxy groups -OCH3 is 1. The Bertz CT molecular complexity index is 444. The van der Waals surface area contributed by atoms with Crippen molar-refractivity contribution in [1.82, 2.24) is 4.90 Å². The SMILES string of the molecule is COc1ccc(C(=O)CN(C)C2CCCCC2O)cc1. The second-order valence-corrected chi connectivity index (χ2v) is 5.49. The zero-order valence-electron chi connectivity index (χ0n) is 12.2. The van der Waals surface area contributed by atoms with E-state index in [-0.39, 0.29) is 17.9 Å². The number of aliphatic hydroxyl groups is 1. The minimum atomic E-state index is -0.308. The summed E-state index contributed by atoms with van der Waals surface area (Å²) >= 11 is 0. The van der Waals surface area contributed by atoms with Crippen LogP contribution in [0.15, 0.2) is 24.3 Å². The van der Waals surface area contributed by atoms with Gasteiger partial charge in [-0.25, -0.2) is 0 Å². The summed E-state index contributed by atoms with van der Waals surface area (Å²) in [5.41, 5.74) is 0.683. The summed E-state index contributed by atoms with van der Waals surface area (Å²) in [7, 11) is 3.52. The topological polar surface area (TPSA) is 49.8 Å². The molecule has 1 aliphatic carbocycles. The zero-order chi connectivity index (χ0) is 14.5. The molecular formula is C16H23NO3. The van der Waals surface area contributed by atoms with Gasteiger partial charge in [0.1, 0.15) is 5.75 Å². The highest BCUT2D eigenvalue weighted by atomic mass is 16.5. The first-order valence-corrected chi connectivity index (χ1v) is 7.17. The Morgan fingerprint density at radius 1 is 1.30 bits per heavy atom. The molecule has 2 rings (SSSR count). The highest BCUT2D eigenvalue weighted by molar-refractivity contribution is 5.97. The normalized spacial score (nSPS) is 22.8. The van der Waals surface area contributed by atoms with Gasteiger partial charge in [0.2, 0.25) is 0 Å². The molecule has 0 saturated heterocycles. The Morgan fingerprint density at radius 3 is 2.55 bits per heavy atom. The van der Waals surface area contributed by atoms with Crippen LogP contribution < -0.4 is 4.74 Å². The van der Waals surface area contributed by atoms with E-state index in [1.54, 1.807) is 31.4 Å². The first kappa shape index (κ1) is 15.0. The maximum atomic E-state index is 12.2. The molecule has 1 saturated carbocycles. The third kappa shape index (κ3) is 3.58. The lowest BCUT2D eigenvalue weighted by atomic mass is 9.91. The molecule has 1 aromatic rings. The number of likely N-dealkylation sites (N-methyl/N-ethyl adjacent to an activating group) is 1. The van der Waals surface area contributed by atoms with Crippen LogP contribution in [0.1, 0.15) is 36.0 Å². The van der Waals surface area contributed by atoms with Gasteiger partial charge in [0.05, 0.1) is 19.8 Å². The Hall–Kier alpha value is -1.39. The standard InChI is InChI=1S/C16H23NO3/c1-17(14-5-3-4-6-15(14)18)11-16(19)12-7-9-13(20-2)10-8-12/h7-10,14-15,18H,3-6,11H2,1-2H3. The van der Waals surface area contributed by atoms with E-state index in [0.717, 1.165) is 31.4 Å². The number of aliphatic hydroxyl groups excluding tert-OH is 1. The highest BCUT2D eigenvalue weighted by Gasteiger charge is 2.27. The first-order valence-electron chi connectivity index (χ1n) is 7.17. The second kappa shape index (κ2) is 6.86. The fourth-order valence-electron chi connectivity index (χ4n) is 2.82. The van der Waals surface area contributed by atoms with Crippen LogP contribution in [-0.2, 0) is 0 Å². The first-order chi connectivity index (χ1) is 9.61. The van der Waals surface area contributed by atoms with E-state index in [9.17, 15) is 9.90 Å². The predicted molar refractivity (Wildman–Crippen MR) is 78.2 cm³/mol. The molecule has 2 unspecified atom stereocenters. The molecule has 20 heavy (non-hydrogen) atoms. The lowest BCUT2D eigenvalue weighted by molar-refractivity contribution is 0.0322. The number of benzene rings is 1. The van der Waals surface area contributed by atoms with Gasteiger partial charge in [-0.1, -0.05) is 12.8 Å². The van der Waals surface area contributed by atoms with Crippen molar-refractivity contribution in [3.8, 4) is 5.75 Å². The fraction of sp³-hybridized carbons (Fsp3) is 0.562. The lowest BCUT2D eigenvalue weighted by Gasteiger charge is -2.34. The summed E-state index contributed by atoms with van der Waals surface area (Å²) in [6.45, 7) is 0.341. The Labute approximate surface area is 120 Å². The molecule has 0 bridgehead atoms. The smallest absolute Gasteiger partial charge is 0.176 e. The summed E-state index contributed by atoms with van der Waals surface area (Å²) < 4.78 is 5.08. The van der Waals surface area contributed by atoms with Gasteiger partial charge in [0.25, 0.3) is 0 Å². The number of nitrogens with zero attached hydrogens (tertiary/aromatic N) is 1. The number of ether oxygens (including phenoxy) is 1. The maximum absolute atomic E-state index is 12.2. The van der Waals surface area contributed by atoms with Crippen LogP contribution in [0.3, 0.4) is 0 Å². The predicted octanol–water partition coefficient (Wildman–Crippen LogP) is 2.11. The van der Waals surface area contributed by atoms with Crippen molar-refractivity contribution in [3.05, 3.63) is 29.8 Å². The van der Waals surface area contributed by atoms with Gasteiger partial charge in [-0.3, -0.25) is 9.69 Å². The van der Waals surface area contributed by atoms with E-state index >= 15 is 0 Å². The number of carbonyl (C=O) groups excluding carboxylic acids is 1. The van der Waals surface area contributed by atoms with E-state index in [0.29, 0.717) is 12.1 Å². The molecule has 4 nitrogen and oxygen atoms in total. The van der Waals surface area contributed by atoms with Crippen molar-refractivity contribution >= 4 is 5.78 Å². The number of hydrogen-bond acceptors (Lipinski definition) is 4. The quantitative estimate of drug-likeness (QED) is 0.838. The molecule has 0 radical (unpaired) electrons. The van der Waals surface area contributed by atoms with Crippen molar-refractivity contribution in [2.24, 2.45) is 0 Å². The number of Topliss-reactive ketones (excluding diaryl/α,β-unsaturated/α-hetero) is 1. The van der Waals surface area contributed by atoms with Crippen molar-refractivity contribution in [2.75, 3.05) is 20.7 Å². The van der Waals surface area contributed by atoms with Crippen molar-refractivity contribution < 1.29 is 14.6 Å². The molecular weight excluding hydrogens is 254 g/mol. The maximum Gasteiger partial charge on any atom is 0.176 e. The van der Waals surface area contributed by atoms with Crippen molar-refractivity contribution in [2.45, 2.75) is 37.8 Å². The monoisotopic (exact) mass is 277 g/mol. The summed E-state index contributed by atoms with van der Waals surface area (Å²) in [5, 5.41) is 10.0. The fourth-order valence-corrected chi connectivity index (χ4v) is 2.82. The van der Waals surface area contributed by atoms with Crippen LogP contribution in [-0.4, -0.2) is 48.6 Å². The summed E-state index contributed by atoms with van der Waals surface area (Å²) in [4.78, 5) is 14.2. The van der Waals surface area contributed by atoms with Crippen LogP contribution in [0.2, 0.25) is 0 Å². The molecule has 1 fully saturated rings. The molecule has 1 aromatic carbocycles. The van der Waals surface area contributed by atoms with Gasteiger partial charge < -0.3 is 9.84 Å². The summed E-state index contributed by atoms with van der Waals surface area (Å²) in [6.07, 6.45) is 3.71. The minimum absolute atomic E-state index is 0.0768. The van der Waals surface area contributed by atoms with Gasteiger partial charge in [0.15, 0.2) is 5.78 Å². The zero-order valence-corrected chi connectivity index (χ0v) is 12.2. The van der Waals surface area contributed by atoms with Gasteiger partial charge >= 0.3 is 0 Å². The number of carbonyl (C=O) groups is 1. The van der Waals surface area contributed by atoms with Gasteiger partial charge in [-0.05, 0) is 44.2 Å². The van der Waals surface area contributed by atoms with E-state index in [1.807, 2.05) is 11.9 Å². The lowest BCUT2D eigenvalue weighted by Crippen LogP contribution is -2.45. The second-order valence-electron chi connectivity index (χ2n) is 5.49. The van der Waals surface area contributed by atoms with Crippen LogP contribution in [0.4, 0.5) is 0 Å². The van der Waals surface area contributed by atoms with E-state index in [4.69, 9.17) is 4.74 Å². The van der Waals surface area contributed by atoms with Crippen molar-refractivity contribution in [1.29, 1.82) is 0 Å². The van der Waals surface area contributed by atoms with E-state index < -0.39 is 0 Å². The van der Waals surface area contributed by atoms with Gasteiger partial charge in [-0.15, -0.1) is 0 Å². The molecule has 0 heterocycles. The summed E-state index contributed by atoms with van der Waals surface area (Å²) in [6, 6.07) is 7.26. The minimum Gasteiger partial charge on any atom is -0.497 e. The number of rotatable bonds is 5. The highest BCUT2D eigenvalue weighted by Crippen LogP contribution is 2.22. The number of ketones is 1. The average Bonchev–Trinajstić information content (AvgIpc) is 2.47. The molecule has 0 spiro atoms. The molecule has 2 atom stereocenters. The van der Waals surface area contributed by atoms with E-state index in [1.165, 1.54) is 0 Å². The summed E-state index contributed by atoms with van der Waals surface area (Å²) in [5.74, 6) is 0.825. The molecule has 110 valence electrons. The van der Waals surface area contributed by atoms with Crippen LogP contribution in [0, 0.1) is 0 Å². The van der Waals surface area contributed by atoms with Crippen LogP contribution >= 0.6 is 0 Å². The Balaban J connectivity index is 1.95. The molecule has 1 N–H and O–H groups in total. The largest absolute Gasteiger partial charge is 0.497 e. The molecule has 0 aliphatic heterocycles.